The Bertz CT molecular complexity index is 129. The van der Waals surface area contributed by atoms with Crippen LogP contribution in [0.4, 0.5) is 0 Å². The van der Waals surface area contributed by atoms with Gasteiger partial charge in [-0.2, -0.15) is 0 Å². The van der Waals surface area contributed by atoms with Crippen molar-refractivity contribution in [2.45, 2.75) is 49.9 Å². The summed E-state index contributed by atoms with van der Waals surface area (Å²) in [5, 5.41) is 35.9. The molecular weight excluding hydrogens is 236 g/mol. The van der Waals surface area contributed by atoms with E-state index in [9.17, 15) is 0 Å². The largest absolute Gasteiger partial charge is 0.396 e. The molecule has 0 aliphatic rings. The molecule has 0 saturated carbocycles. The Kier molecular flexibility index (Phi) is 11.2. The highest BCUT2D eigenvalue weighted by Gasteiger charge is 2.30. The third-order valence-electron chi connectivity index (χ3n) is 3.46. The maximum atomic E-state index is 8.98. The summed E-state index contributed by atoms with van der Waals surface area (Å²) in [4.78, 5) is 0. The van der Waals surface area contributed by atoms with Crippen LogP contribution in [0.3, 0.4) is 0 Å². The van der Waals surface area contributed by atoms with Gasteiger partial charge in [-0.3, -0.25) is 0 Å². The first kappa shape index (κ1) is 17.1. The first-order chi connectivity index (χ1) is 8.24. The second-order valence-electron chi connectivity index (χ2n) is 4.81. The summed E-state index contributed by atoms with van der Waals surface area (Å²) < 4.78 is 0. The van der Waals surface area contributed by atoms with Crippen molar-refractivity contribution in [2.75, 3.05) is 26.4 Å². The van der Waals surface area contributed by atoms with E-state index in [1.165, 1.54) is 0 Å². The Balaban J connectivity index is 4.39. The van der Waals surface area contributed by atoms with Gasteiger partial charge in [0.15, 0.2) is 0 Å². The molecule has 0 aromatic rings. The Labute approximate surface area is 105 Å². The molecule has 0 saturated heterocycles. The van der Waals surface area contributed by atoms with Crippen molar-refractivity contribution in [3.8, 4) is 0 Å². The summed E-state index contributed by atoms with van der Waals surface area (Å²) in [5.41, 5.74) is 0. The first-order valence-corrected chi connectivity index (χ1v) is 9.51. The van der Waals surface area contributed by atoms with Gasteiger partial charge in [-0.15, -0.1) is 0 Å². The van der Waals surface area contributed by atoms with Crippen molar-refractivity contribution in [1.82, 2.24) is 0 Å². The van der Waals surface area contributed by atoms with Gasteiger partial charge in [-0.25, -0.2) is 0 Å². The predicted molar refractivity (Wildman–Crippen MR) is 71.8 cm³/mol. The summed E-state index contributed by atoms with van der Waals surface area (Å²) >= 11 is 0. The standard InChI is InChI=1S/C12H28O4Si/c13-5-1-9-17(10-2-6-14,11-3-7-15)12-4-8-16/h13-16H,1-12H2. The van der Waals surface area contributed by atoms with E-state index in [1.54, 1.807) is 0 Å². The molecule has 0 spiro atoms. The second kappa shape index (κ2) is 11.2. The van der Waals surface area contributed by atoms with Crippen LogP contribution in [0.25, 0.3) is 0 Å². The van der Waals surface area contributed by atoms with Crippen molar-refractivity contribution in [3.05, 3.63) is 0 Å². The minimum atomic E-state index is -1.52. The molecule has 104 valence electrons. The van der Waals surface area contributed by atoms with E-state index < -0.39 is 8.07 Å². The van der Waals surface area contributed by atoms with Crippen LogP contribution < -0.4 is 0 Å². The molecule has 0 aromatic heterocycles. The maximum Gasteiger partial charge on any atom is 0.0539 e. The summed E-state index contributed by atoms with van der Waals surface area (Å²) in [7, 11) is -1.52. The van der Waals surface area contributed by atoms with Gasteiger partial charge in [-0.1, -0.05) is 24.2 Å². The Hall–Kier alpha value is 0.0569. The van der Waals surface area contributed by atoms with E-state index in [0.717, 1.165) is 49.9 Å². The molecule has 0 aliphatic carbocycles. The van der Waals surface area contributed by atoms with E-state index in [-0.39, 0.29) is 26.4 Å². The fourth-order valence-electron chi connectivity index (χ4n) is 2.57. The summed E-state index contributed by atoms with van der Waals surface area (Å²) in [6.45, 7) is 0.858. The molecule has 0 rings (SSSR count). The summed E-state index contributed by atoms with van der Waals surface area (Å²) in [5.74, 6) is 0. The first-order valence-electron chi connectivity index (χ1n) is 6.68. The highest BCUT2D eigenvalue weighted by molar-refractivity contribution is 6.79. The number of aliphatic hydroxyl groups excluding tert-OH is 4. The zero-order valence-electron chi connectivity index (χ0n) is 10.8. The quantitative estimate of drug-likeness (QED) is 0.396. The normalized spacial score (nSPS) is 12.0. The van der Waals surface area contributed by atoms with Gasteiger partial charge in [0, 0.05) is 26.4 Å². The van der Waals surface area contributed by atoms with E-state index in [2.05, 4.69) is 0 Å². The van der Waals surface area contributed by atoms with Gasteiger partial charge < -0.3 is 20.4 Å². The number of aliphatic hydroxyl groups is 4. The van der Waals surface area contributed by atoms with Crippen LogP contribution in [0.15, 0.2) is 0 Å². The van der Waals surface area contributed by atoms with Crippen molar-refractivity contribution in [3.63, 3.8) is 0 Å². The van der Waals surface area contributed by atoms with Gasteiger partial charge >= 0.3 is 0 Å². The monoisotopic (exact) mass is 264 g/mol. The van der Waals surface area contributed by atoms with Crippen molar-refractivity contribution < 1.29 is 20.4 Å². The average Bonchev–Trinajstić information content (AvgIpc) is 2.37. The average molecular weight is 264 g/mol. The molecule has 4 nitrogen and oxygen atoms in total. The summed E-state index contributed by atoms with van der Waals surface area (Å²) in [6, 6.07) is 4.18. The van der Waals surface area contributed by atoms with Gasteiger partial charge in [0.25, 0.3) is 0 Å². The van der Waals surface area contributed by atoms with E-state index in [4.69, 9.17) is 20.4 Å². The number of hydrogen-bond acceptors (Lipinski definition) is 4. The van der Waals surface area contributed by atoms with Crippen LogP contribution in [0.2, 0.25) is 24.2 Å². The van der Waals surface area contributed by atoms with Crippen molar-refractivity contribution in [1.29, 1.82) is 0 Å². The number of hydrogen-bond donors (Lipinski definition) is 4. The van der Waals surface area contributed by atoms with Gasteiger partial charge in [0.1, 0.15) is 0 Å². The molecule has 0 unspecified atom stereocenters. The second-order valence-corrected chi connectivity index (χ2v) is 9.81. The van der Waals surface area contributed by atoms with Gasteiger partial charge in [0.2, 0.25) is 0 Å². The summed E-state index contributed by atoms with van der Waals surface area (Å²) in [6.07, 6.45) is 3.26. The van der Waals surface area contributed by atoms with E-state index >= 15 is 0 Å². The van der Waals surface area contributed by atoms with Crippen LogP contribution in [-0.4, -0.2) is 54.9 Å². The fourth-order valence-corrected chi connectivity index (χ4v) is 7.70. The molecule has 0 aromatic carbocycles. The van der Waals surface area contributed by atoms with E-state index in [1.807, 2.05) is 0 Å². The molecule has 0 aliphatic heterocycles. The van der Waals surface area contributed by atoms with Crippen molar-refractivity contribution in [2.24, 2.45) is 0 Å². The zero-order valence-corrected chi connectivity index (χ0v) is 11.8. The van der Waals surface area contributed by atoms with Crippen LogP contribution >= 0.6 is 0 Å². The van der Waals surface area contributed by atoms with Gasteiger partial charge in [-0.05, 0) is 25.7 Å². The maximum absolute atomic E-state index is 8.98. The molecule has 5 heteroatoms. The lowest BCUT2D eigenvalue weighted by atomic mass is 10.5. The topological polar surface area (TPSA) is 80.9 Å². The van der Waals surface area contributed by atoms with Crippen LogP contribution in [0, 0.1) is 0 Å². The third-order valence-corrected chi connectivity index (χ3v) is 9.12. The molecule has 0 bridgehead atoms. The Morgan fingerprint density at radius 3 is 0.882 bits per heavy atom. The van der Waals surface area contributed by atoms with E-state index in [0.29, 0.717) is 0 Å². The molecule has 0 atom stereocenters. The SMILES string of the molecule is OCCC[Si](CCCO)(CCCO)CCCO. The smallest absolute Gasteiger partial charge is 0.0539 e. The molecule has 0 fully saturated rings. The van der Waals surface area contributed by atoms with Crippen molar-refractivity contribution >= 4 is 8.07 Å². The van der Waals surface area contributed by atoms with Crippen LogP contribution in [0.5, 0.6) is 0 Å². The highest BCUT2D eigenvalue weighted by atomic mass is 28.3. The molecule has 17 heavy (non-hydrogen) atoms. The lowest BCUT2D eigenvalue weighted by Crippen LogP contribution is -2.35. The molecule has 0 radical (unpaired) electrons. The minimum Gasteiger partial charge on any atom is -0.396 e. The fraction of sp³-hybridized carbons (Fsp3) is 1.00. The molecular formula is C12H28O4Si. The molecule has 0 heterocycles. The lowest BCUT2D eigenvalue weighted by Gasteiger charge is -2.32. The zero-order chi connectivity index (χ0) is 13.0. The highest BCUT2D eigenvalue weighted by Crippen LogP contribution is 2.31. The minimum absolute atomic E-state index is 0.214. The van der Waals surface area contributed by atoms with Crippen LogP contribution in [0.1, 0.15) is 25.7 Å². The Morgan fingerprint density at radius 1 is 0.471 bits per heavy atom. The number of rotatable bonds is 12. The lowest BCUT2D eigenvalue weighted by molar-refractivity contribution is 0.285. The Morgan fingerprint density at radius 2 is 0.706 bits per heavy atom. The van der Waals surface area contributed by atoms with Gasteiger partial charge in [0.05, 0.1) is 8.07 Å². The molecule has 0 amide bonds. The molecule has 4 N–H and O–H groups in total. The predicted octanol–water partition coefficient (Wildman–Crippen LogP) is 0.965. The van der Waals surface area contributed by atoms with Crippen LogP contribution in [-0.2, 0) is 0 Å². The third kappa shape index (κ3) is 7.89.